The molecule has 0 amide bonds. The van der Waals surface area contributed by atoms with Crippen molar-refractivity contribution >= 4 is 30.4 Å². The molecule has 1 atom stereocenters. The molecular formula is C35H49NO4Si. The van der Waals surface area contributed by atoms with E-state index in [4.69, 9.17) is 9.26 Å². The summed E-state index contributed by atoms with van der Waals surface area (Å²) in [6, 6.07) is 21.0. The first-order valence-electron chi connectivity index (χ1n) is 15.2. The minimum absolute atomic E-state index is 0.0665. The van der Waals surface area contributed by atoms with Crippen LogP contribution in [0.3, 0.4) is 0 Å². The van der Waals surface area contributed by atoms with Gasteiger partial charge in [0.25, 0.3) is 8.32 Å². The molecule has 41 heavy (non-hydrogen) atoms. The van der Waals surface area contributed by atoms with Gasteiger partial charge in [-0.15, -0.1) is 0 Å². The molecule has 0 heterocycles. The second-order valence-corrected chi connectivity index (χ2v) is 16.8. The Hall–Kier alpha value is -2.88. The molecule has 1 unspecified atom stereocenters. The number of rotatable bonds is 14. The van der Waals surface area contributed by atoms with Crippen molar-refractivity contribution in [3.05, 3.63) is 60.7 Å². The minimum Gasteiger partial charge on any atom is -0.481 e. The van der Waals surface area contributed by atoms with Crippen LogP contribution in [0, 0.1) is 35.5 Å². The second kappa shape index (κ2) is 15.4. The molecule has 0 aromatic heterocycles. The number of benzene rings is 2. The third kappa shape index (κ3) is 8.56. The highest BCUT2D eigenvalue weighted by molar-refractivity contribution is 6.99. The summed E-state index contributed by atoms with van der Waals surface area (Å²) in [6.07, 6.45) is 6.42. The first-order valence-corrected chi connectivity index (χ1v) is 17.1. The summed E-state index contributed by atoms with van der Waals surface area (Å²) >= 11 is 0. The molecule has 1 aliphatic rings. The van der Waals surface area contributed by atoms with Gasteiger partial charge in [-0.1, -0.05) is 119 Å². The van der Waals surface area contributed by atoms with Gasteiger partial charge in [0, 0.05) is 18.4 Å². The van der Waals surface area contributed by atoms with Gasteiger partial charge in [0.15, 0.2) is 0 Å². The first kappa shape index (κ1) is 32.6. The van der Waals surface area contributed by atoms with Crippen molar-refractivity contribution in [1.29, 1.82) is 0 Å². The quantitative estimate of drug-likeness (QED) is 0.115. The number of carboxylic acid groups (broad SMARTS) is 1. The van der Waals surface area contributed by atoms with Crippen LogP contribution in [-0.4, -0.2) is 38.8 Å². The summed E-state index contributed by atoms with van der Waals surface area (Å²) in [5.74, 6) is 7.26. The maximum absolute atomic E-state index is 11.9. The maximum atomic E-state index is 11.9. The monoisotopic (exact) mass is 575 g/mol. The molecule has 3 rings (SSSR count). The molecule has 0 bridgehead atoms. The van der Waals surface area contributed by atoms with Crippen molar-refractivity contribution < 1.29 is 19.2 Å². The van der Waals surface area contributed by atoms with Gasteiger partial charge in [0.05, 0.1) is 6.42 Å². The van der Waals surface area contributed by atoms with Crippen LogP contribution in [0.4, 0.5) is 0 Å². The average Bonchev–Trinajstić information content (AvgIpc) is 2.93. The molecule has 6 heteroatoms. The Morgan fingerprint density at radius 2 is 1.59 bits per heavy atom. The SMILES string of the molecule is CCC(CC)CC1CC(C#C/C(=N\OC)C(CCO[Si](c2ccccc2)(c2ccccc2)C(C)(C)C)CC(=O)O)C1. The minimum atomic E-state index is -2.72. The van der Waals surface area contributed by atoms with Gasteiger partial charge in [-0.2, -0.15) is 0 Å². The molecule has 0 aliphatic heterocycles. The van der Waals surface area contributed by atoms with Crippen LogP contribution >= 0.6 is 0 Å². The van der Waals surface area contributed by atoms with E-state index >= 15 is 0 Å². The van der Waals surface area contributed by atoms with E-state index in [1.807, 2.05) is 12.1 Å². The zero-order valence-electron chi connectivity index (χ0n) is 25.9. The highest BCUT2D eigenvalue weighted by atomic mass is 28.4. The Labute approximate surface area is 248 Å². The normalized spacial score (nSPS) is 18.3. The van der Waals surface area contributed by atoms with E-state index in [2.05, 4.69) is 100 Å². The van der Waals surface area contributed by atoms with Gasteiger partial charge in [-0.05, 0) is 58.9 Å². The van der Waals surface area contributed by atoms with E-state index in [9.17, 15) is 9.90 Å². The lowest BCUT2D eigenvalue weighted by Gasteiger charge is -2.43. The van der Waals surface area contributed by atoms with Crippen LogP contribution in [-0.2, 0) is 14.1 Å². The second-order valence-electron chi connectivity index (χ2n) is 12.5. The molecule has 5 nitrogen and oxygen atoms in total. The molecular weight excluding hydrogens is 526 g/mol. The van der Waals surface area contributed by atoms with Gasteiger partial charge >= 0.3 is 5.97 Å². The molecule has 1 saturated carbocycles. The van der Waals surface area contributed by atoms with Crippen LogP contribution in [0.5, 0.6) is 0 Å². The Bertz CT molecular complexity index is 1130. The summed E-state index contributed by atoms with van der Waals surface area (Å²) in [4.78, 5) is 17.1. The zero-order valence-corrected chi connectivity index (χ0v) is 26.9. The number of oxime groups is 1. The Morgan fingerprint density at radius 1 is 1.02 bits per heavy atom. The van der Waals surface area contributed by atoms with Gasteiger partial charge in [-0.25, -0.2) is 0 Å². The molecule has 222 valence electrons. The van der Waals surface area contributed by atoms with E-state index in [0.29, 0.717) is 24.7 Å². The Kier molecular flexibility index (Phi) is 12.2. The third-order valence-corrected chi connectivity index (χ3v) is 13.7. The van der Waals surface area contributed by atoms with E-state index < -0.39 is 20.2 Å². The van der Waals surface area contributed by atoms with Crippen molar-refractivity contribution in [1.82, 2.24) is 0 Å². The van der Waals surface area contributed by atoms with Crippen molar-refractivity contribution in [3.63, 3.8) is 0 Å². The summed E-state index contributed by atoms with van der Waals surface area (Å²) in [5.41, 5.74) is 0.504. The Balaban J connectivity index is 1.81. The van der Waals surface area contributed by atoms with Crippen LogP contribution in [0.15, 0.2) is 65.8 Å². The topological polar surface area (TPSA) is 68.1 Å². The molecule has 1 fully saturated rings. The fourth-order valence-electron chi connectivity index (χ4n) is 6.28. The first-order chi connectivity index (χ1) is 19.6. The molecule has 0 radical (unpaired) electrons. The van der Waals surface area contributed by atoms with E-state index in [0.717, 1.165) is 24.7 Å². The lowest BCUT2D eigenvalue weighted by Crippen LogP contribution is -2.66. The Morgan fingerprint density at radius 3 is 2.05 bits per heavy atom. The van der Waals surface area contributed by atoms with Crippen LogP contribution in [0.1, 0.15) is 79.6 Å². The summed E-state index contributed by atoms with van der Waals surface area (Å²) in [6.45, 7) is 11.7. The number of carboxylic acids is 1. The largest absolute Gasteiger partial charge is 0.481 e. The van der Waals surface area contributed by atoms with Gasteiger partial charge in [-0.3, -0.25) is 4.79 Å². The lowest BCUT2D eigenvalue weighted by atomic mass is 9.70. The van der Waals surface area contributed by atoms with Gasteiger partial charge in [0.1, 0.15) is 12.8 Å². The van der Waals surface area contributed by atoms with Crippen molar-refractivity contribution in [2.75, 3.05) is 13.7 Å². The standard InChI is InChI=1S/C35H49NO4Si/c1-7-27(8-2)23-29-24-28(25-29)19-20-33(36-39-6)30(26-34(37)38)21-22-40-41(35(3,4)5,31-15-11-9-12-16-31)32-17-13-10-14-18-32/h9-18,27-30H,7-8,21-26H2,1-6H3,(H,37,38)/b36-33+. The van der Waals surface area contributed by atoms with Crippen LogP contribution < -0.4 is 10.4 Å². The highest BCUT2D eigenvalue weighted by Gasteiger charge is 2.50. The predicted octanol–water partition coefficient (Wildman–Crippen LogP) is 6.90. The molecule has 0 saturated heterocycles. The van der Waals surface area contributed by atoms with E-state index in [-0.39, 0.29) is 11.5 Å². The number of aliphatic carboxylic acids is 1. The van der Waals surface area contributed by atoms with E-state index in [1.54, 1.807) is 0 Å². The lowest BCUT2D eigenvalue weighted by molar-refractivity contribution is -0.137. The van der Waals surface area contributed by atoms with Crippen LogP contribution in [0.25, 0.3) is 0 Å². The fourth-order valence-corrected chi connectivity index (χ4v) is 10.9. The molecule has 0 spiro atoms. The summed E-state index contributed by atoms with van der Waals surface area (Å²) < 4.78 is 7.04. The highest BCUT2D eigenvalue weighted by Crippen LogP contribution is 2.39. The number of nitrogens with zero attached hydrogens (tertiary/aromatic N) is 1. The maximum Gasteiger partial charge on any atom is 0.304 e. The summed E-state index contributed by atoms with van der Waals surface area (Å²) in [7, 11) is -1.23. The molecule has 1 aliphatic carbocycles. The molecule has 2 aromatic rings. The predicted molar refractivity (Wildman–Crippen MR) is 171 cm³/mol. The van der Waals surface area contributed by atoms with Crippen molar-refractivity contribution in [2.45, 2.75) is 84.6 Å². The number of hydrogen-bond acceptors (Lipinski definition) is 4. The summed E-state index contributed by atoms with van der Waals surface area (Å²) in [5, 5.41) is 16.2. The molecule has 1 N–H and O–H groups in total. The smallest absolute Gasteiger partial charge is 0.304 e. The average molecular weight is 576 g/mol. The zero-order chi connectivity index (χ0) is 29.9. The van der Waals surface area contributed by atoms with Crippen LogP contribution in [0.2, 0.25) is 5.04 Å². The van der Waals surface area contributed by atoms with E-state index in [1.165, 1.54) is 36.7 Å². The van der Waals surface area contributed by atoms with Crippen molar-refractivity contribution in [2.24, 2.45) is 28.8 Å². The van der Waals surface area contributed by atoms with Gasteiger partial charge < -0.3 is 14.4 Å². The molecule has 2 aromatic carbocycles. The van der Waals surface area contributed by atoms with Gasteiger partial charge in [0.2, 0.25) is 0 Å². The third-order valence-electron chi connectivity index (χ3n) is 8.66. The van der Waals surface area contributed by atoms with Crippen molar-refractivity contribution in [3.8, 4) is 11.8 Å². The fraction of sp³-hybridized carbons (Fsp3) is 0.543. The number of carbonyl (C=O) groups is 1. The number of hydrogen-bond donors (Lipinski definition) is 1.